The molecule has 9 nitrogen and oxygen atoms in total. The topological polar surface area (TPSA) is 134 Å². The van der Waals surface area contributed by atoms with Crippen LogP contribution >= 0.6 is 7.82 Å². The number of phosphoric acid groups is 1. The number of carbonyl (C=O) groups is 2. The van der Waals surface area contributed by atoms with Gasteiger partial charge in [0.1, 0.15) is 6.61 Å². The molecule has 0 rings (SSSR count). The fourth-order valence-electron chi connectivity index (χ4n) is 6.87. The number of hydrogen-bond donors (Lipinski definition) is 2. The third-order valence-corrected chi connectivity index (χ3v) is 11.4. The van der Waals surface area contributed by atoms with Gasteiger partial charge in [-0.15, -0.1) is 0 Å². The number of hydrogen-bond acceptors (Lipinski definition) is 8. The highest BCUT2D eigenvalue weighted by molar-refractivity contribution is 7.47. The van der Waals surface area contributed by atoms with Crippen LogP contribution in [0, 0.1) is 0 Å². The maximum Gasteiger partial charge on any atom is 0.472 e. The maximum absolute atomic E-state index is 12.6. The average molecular weight is 816 g/mol. The Bertz CT molecular complexity index is 933. The average Bonchev–Trinajstić information content (AvgIpc) is 3.18. The fourth-order valence-corrected chi connectivity index (χ4v) is 7.63. The summed E-state index contributed by atoms with van der Waals surface area (Å²) in [4.78, 5) is 34.9. The van der Waals surface area contributed by atoms with Crippen molar-refractivity contribution < 1.29 is 37.6 Å². The predicted molar refractivity (Wildman–Crippen MR) is 234 cm³/mol. The lowest BCUT2D eigenvalue weighted by Crippen LogP contribution is -2.29. The van der Waals surface area contributed by atoms with Gasteiger partial charge in [-0.1, -0.05) is 199 Å². The van der Waals surface area contributed by atoms with E-state index in [9.17, 15) is 19.0 Å². The molecular formula is C46H90NO8P. The van der Waals surface area contributed by atoms with Crippen LogP contribution in [0.4, 0.5) is 0 Å². The van der Waals surface area contributed by atoms with Crippen LogP contribution in [0.3, 0.4) is 0 Å². The SMILES string of the molecule is CCCCCC/C=C/CCCCCCCCCC(=O)O[C@H](COC(=O)CCCCCCCCCCCCCCCCCCCCCC)COP(=O)(O)OCCN. The Labute approximate surface area is 345 Å². The highest BCUT2D eigenvalue weighted by Crippen LogP contribution is 2.43. The lowest BCUT2D eigenvalue weighted by Gasteiger charge is -2.19. The van der Waals surface area contributed by atoms with E-state index in [1.54, 1.807) is 0 Å². The van der Waals surface area contributed by atoms with Crippen molar-refractivity contribution >= 4 is 19.8 Å². The molecule has 0 saturated heterocycles. The summed E-state index contributed by atoms with van der Waals surface area (Å²) in [6.07, 6.45) is 45.3. The van der Waals surface area contributed by atoms with Gasteiger partial charge in [0.25, 0.3) is 0 Å². The van der Waals surface area contributed by atoms with Gasteiger partial charge in [-0.05, 0) is 38.5 Å². The monoisotopic (exact) mass is 816 g/mol. The summed E-state index contributed by atoms with van der Waals surface area (Å²) in [6, 6.07) is 0. The molecule has 332 valence electrons. The zero-order valence-electron chi connectivity index (χ0n) is 36.6. The molecule has 2 atom stereocenters. The molecule has 0 bridgehead atoms. The smallest absolute Gasteiger partial charge is 0.462 e. The molecule has 0 aromatic heterocycles. The summed E-state index contributed by atoms with van der Waals surface area (Å²) in [5.74, 6) is -0.820. The molecule has 0 aliphatic carbocycles. The molecule has 1 unspecified atom stereocenters. The quantitative estimate of drug-likeness (QED) is 0.0266. The van der Waals surface area contributed by atoms with Crippen LogP contribution in [0.1, 0.15) is 239 Å². The van der Waals surface area contributed by atoms with Crippen molar-refractivity contribution in [2.24, 2.45) is 5.73 Å². The molecule has 56 heavy (non-hydrogen) atoms. The van der Waals surface area contributed by atoms with Gasteiger partial charge in [-0.2, -0.15) is 0 Å². The van der Waals surface area contributed by atoms with Gasteiger partial charge >= 0.3 is 19.8 Å². The highest BCUT2D eigenvalue weighted by Gasteiger charge is 2.26. The van der Waals surface area contributed by atoms with Crippen LogP contribution in [-0.4, -0.2) is 49.3 Å². The Morgan fingerprint density at radius 2 is 0.875 bits per heavy atom. The number of rotatable bonds is 45. The van der Waals surface area contributed by atoms with Crippen molar-refractivity contribution in [3.05, 3.63) is 12.2 Å². The first-order chi connectivity index (χ1) is 27.3. The maximum atomic E-state index is 12.6. The van der Waals surface area contributed by atoms with Crippen molar-refractivity contribution in [2.45, 2.75) is 245 Å². The summed E-state index contributed by atoms with van der Waals surface area (Å²) in [5.41, 5.74) is 5.35. The van der Waals surface area contributed by atoms with E-state index in [2.05, 4.69) is 26.0 Å². The zero-order chi connectivity index (χ0) is 41.1. The van der Waals surface area contributed by atoms with E-state index in [-0.39, 0.29) is 38.6 Å². The highest BCUT2D eigenvalue weighted by atomic mass is 31.2. The second-order valence-electron chi connectivity index (χ2n) is 16.0. The van der Waals surface area contributed by atoms with E-state index >= 15 is 0 Å². The second kappa shape index (κ2) is 43.3. The molecule has 0 aliphatic heterocycles. The summed E-state index contributed by atoms with van der Waals surface area (Å²) in [7, 11) is -4.37. The van der Waals surface area contributed by atoms with Crippen molar-refractivity contribution in [1.29, 1.82) is 0 Å². The molecule has 0 radical (unpaired) electrons. The lowest BCUT2D eigenvalue weighted by atomic mass is 10.0. The van der Waals surface area contributed by atoms with Crippen molar-refractivity contribution in [2.75, 3.05) is 26.4 Å². The standard InChI is InChI=1S/C46H90NO8P/c1-3-5-7-9-11-13-15-17-19-20-21-22-23-25-26-28-30-32-34-36-38-45(48)52-42-44(43-54-56(50,51)53-41-40-47)55-46(49)39-37-35-33-31-29-27-24-18-16-14-12-10-8-6-4-2/h14,16,44H,3-13,15,17-43,47H2,1-2H3,(H,50,51)/b16-14+/t44-/m1/s1. The zero-order valence-corrected chi connectivity index (χ0v) is 37.5. The minimum absolute atomic E-state index is 0.0556. The molecule has 0 fully saturated rings. The van der Waals surface area contributed by atoms with Crippen molar-refractivity contribution in [1.82, 2.24) is 0 Å². The summed E-state index contributed by atoms with van der Waals surface area (Å²) in [6.45, 7) is 3.76. The number of phosphoric ester groups is 1. The molecule has 3 N–H and O–H groups in total. The van der Waals surface area contributed by atoms with Crippen LogP contribution in [-0.2, 0) is 32.7 Å². The Morgan fingerprint density at radius 1 is 0.518 bits per heavy atom. The van der Waals surface area contributed by atoms with Crippen LogP contribution in [0.5, 0.6) is 0 Å². The minimum Gasteiger partial charge on any atom is -0.462 e. The van der Waals surface area contributed by atoms with Crippen LogP contribution in [0.15, 0.2) is 12.2 Å². The Hall–Kier alpha value is -1.25. The van der Waals surface area contributed by atoms with Gasteiger partial charge in [-0.3, -0.25) is 18.6 Å². The fraction of sp³-hybridized carbons (Fsp3) is 0.913. The van der Waals surface area contributed by atoms with E-state index in [0.717, 1.165) is 44.9 Å². The number of allylic oxidation sites excluding steroid dienone is 2. The Kier molecular flexibility index (Phi) is 42.4. The van der Waals surface area contributed by atoms with E-state index < -0.39 is 26.5 Å². The van der Waals surface area contributed by atoms with Crippen molar-refractivity contribution in [3.63, 3.8) is 0 Å². The summed E-state index contributed by atoms with van der Waals surface area (Å²) >= 11 is 0. The van der Waals surface area contributed by atoms with Crippen LogP contribution in [0.25, 0.3) is 0 Å². The van der Waals surface area contributed by atoms with Gasteiger partial charge < -0.3 is 20.1 Å². The van der Waals surface area contributed by atoms with Gasteiger partial charge in [0.2, 0.25) is 0 Å². The van der Waals surface area contributed by atoms with Gasteiger partial charge in [-0.25, -0.2) is 4.57 Å². The molecule has 0 saturated carbocycles. The molecule has 0 aliphatic rings. The van der Waals surface area contributed by atoms with Gasteiger partial charge in [0, 0.05) is 19.4 Å². The summed E-state index contributed by atoms with van der Waals surface area (Å²) < 4.78 is 32.8. The minimum atomic E-state index is -4.37. The van der Waals surface area contributed by atoms with E-state index in [1.807, 2.05) is 0 Å². The molecule has 0 aromatic rings. The third-order valence-electron chi connectivity index (χ3n) is 10.4. The Balaban J connectivity index is 4.04. The molecule has 0 spiro atoms. The molecule has 0 aromatic carbocycles. The van der Waals surface area contributed by atoms with Gasteiger partial charge in [0.05, 0.1) is 13.2 Å². The van der Waals surface area contributed by atoms with Crippen LogP contribution in [0.2, 0.25) is 0 Å². The first-order valence-electron chi connectivity index (χ1n) is 23.7. The molecule has 10 heteroatoms. The first kappa shape index (κ1) is 54.8. The first-order valence-corrected chi connectivity index (χ1v) is 25.2. The largest absolute Gasteiger partial charge is 0.472 e. The van der Waals surface area contributed by atoms with E-state index in [1.165, 1.54) is 161 Å². The lowest BCUT2D eigenvalue weighted by molar-refractivity contribution is -0.161. The predicted octanol–water partition coefficient (Wildman–Crippen LogP) is 13.8. The molecule has 0 amide bonds. The normalized spacial score (nSPS) is 13.3. The number of esters is 2. The Morgan fingerprint density at radius 3 is 1.29 bits per heavy atom. The second-order valence-corrected chi connectivity index (χ2v) is 17.4. The molecular weight excluding hydrogens is 725 g/mol. The number of nitrogens with two attached hydrogens (primary N) is 1. The number of ether oxygens (including phenoxy) is 2. The van der Waals surface area contributed by atoms with E-state index in [0.29, 0.717) is 6.42 Å². The summed E-state index contributed by atoms with van der Waals surface area (Å²) in [5, 5.41) is 0. The van der Waals surface area contributed by atoms with Gasteiger partial charge in [0.15, 0.2) is 6.10 Å². The number of unbranched alkanes of at least 4 members (excludes halogenated alkanes) is 30. The molecule has 0 heterocycles. The van der Waals surface area contributed by atoms with E-state index in [4.69, 9.17) is 24.3 Å². The van der Waals surface area contributed by atoms with Crippen molar-refractivity contribution in [3.8, 4) is 0 Å². The third kappa shape index (κ3) is 42.4. The van der Waals surface area contributed by atoms with Crippen LogP contribution < -0.4 is 5.73 Å². The number of carbonyl (C=O) groups excluding carboxylic acids is 2.